The van der Waals surface area contributed by atoms with Gasteiger partial charge < -0.3 is 5.11 Å². The van der Waals surface area contributed by atoms with Crippen LogP contribution in [-0.4, -0.2) is 25.9 Å². The number of aliphatic hydroxyl groups is 1. The first-order valence-corrected chi connectivity index (χ1v) is 5.13. The van der Waals surface area contributed by atoms with Crippen molar-refractivity contribution >= 4 is 10.0 Å². The molecule has 0 spiro atoms. The Kier molecular flexibility index (Phi) is 5.44. The van der Waals surface area contributed by atoms with Crippen molar-refractivity contribution in [2.24, 2.45) is 4.52 Å². The van der Waals surface area contributed by atoms with Crippen LogP contribution in [0.25, 0.3) is 10.4 Å². The summed E-state index contributed by atoms with van der Waals surface area (Å²) in [6.07, 6.45) is 1.62. The molecule has 7 heteroatoms. The quantitative estimate of drug-likeness (QED) is 0.292. The molecule has 0 aromatic rings. The van der Waals surface area contributed by atoms with Gasteiger partial charge in [0.2, 0.25) is 10.0 Å². The van der Waals surface area contributed by atoms with Crippen molar-refractivity contribution in [1.29, 1.82) is 0 Å². The van der Waals surface area contributed by atoms with E-state index in [1.165, 1.54) is 0 Å². The molecule has 0 saturated carbocycles. The lowest BCUT2D eigenvalue weighted by molar-refractivity contribution is 0.284. The normalized spacial score (nSPS) is 10.8. The lowest BCUT2D eigenvalue weighted by Crippen LogP contribution is -2.01. The second-order valence-corrected chi connectivity index (χ2v) is 3.98. The van der Waals surface area contributed by atoms with E-state index >= 15 is 0 Å². The molecular weight excluding hydrogens is 182 g/mol. The van der Waals surface area contributed by atoms with Crippen LogP contribution in [0.3, 0.4) is 0 Å². The third-order valence-electron chi connectivity index (χ3n) is 1.22. The van der Waals surface area contributed by atoms with Crippen molar-refractivity contribution in [2.45, 2.75) is 19.3 Å². The zero-order valence-corrected chi connectivity index (χ0v) is 7.37. The van der Waals surface area contributed by atoms with Crippen LogP contribution in [0.2, 0.25) is 0 Å². The minimum absolute atomic E-state index is 0.0571. The molecule has 0 aromatic carbocycles. The molecule has 0 aromatic heterocycles. The van der Waals surface area contributed by atoms with Gasteiger partial charge in [-0.1, -0.05) is 6.42 Å². The first-order chi connectivity index (χ1) is 5.62. The van der Waals surface area contributed by atoms with Gasteiger partial charge in [0.15, 0.2) is 0 Å². The number of aliphatic hydroxyl groups excluding tert-OH is 1. The lowest BCUT2D eigenvalue weighted by Gasteiger charge is -1.95. The number of unbranched alkanes of at least 4 members (excludes halogenated alkanes) is 2. The largest absolute Gasteiger partial charge is 0.396 e. The zero-order valence-electron chi connectivity index (χ0n) is 6.55. The third-order valence-corrected chi connectivity index (χ3v) is 2.35. The highest BCUT2D eigenvalue weighted by Gasteiger charge is 2.05. The van der Waals surface area contributed by atoms with Crippen LogP contribution >= 0.6 is 0 Å². The monoisotopic (exact) mass is 193 g/mol. The summed E-state index contributed by atoms with van der Waals surface area (Å²) in [6, 6.07) is 0. The Morgan fingerprint density at radius 1 is 1.33 bits per heavy atom. The Balaban J connectivity index is 3.70. The van der Waals surface area contributed by atoms with E-state index in [0.29, 0.717) is 19.3 Å². The van der Waals surface area contributed by atoms with Crippen LogP contribution in [0.15, 0.2) is 4.52 Å². The van der Waals surface area contributed by atoms with Gasteiger partial charge in [-0.2, -0.15) is 0 Å². The second kappa shape index (κ2) is 5.82. The summed E-state index contributed by atoms with van der Waals surface area (Å²) in [5.41, 5.74) is 7.84. The van der Waals surface area contributed by atoms with Gasteiger partial charge in [-0.3, -0.25) is 0 Å². The van der Waals surface area contributed by atoms with Crippen molar-refractivity contribution in [3.05, 3.63) is 10.4 Å². The van der Waals surface area contributed by atoms with Crippen LogP contribution in [-0.2, 0) is 10.0 Å². The summed E-state index contributed by atoms with van der Waals surface area (Å²) in [6.45, 7) is 0.0571. The summed E-state index contributed by atoms with van der Waals surface area (Å²) in [5.74, 6) is -0.142. The molecule has 0 unspecified atom stereocenters. The van der Waals surface area contributed by atoms with E-state index in [1.807, 2.05) is 0 Å². The highest BCUT2D eigenvalue weighted by atomic mass is 32.2. The molecule has 0 amide bonds. The van der Waals surface area contributed by atoms with E-state index in [-0.39, 0.29) is 12.4 Å². The van der Waals surface area contributed by atoms with E-state index < -0.39 is 10.0 Å². The molecule has 0 aliphatic rings. The number of azide groups is 1. The van der Waals surface area contributed by atoms with Gasteiger partial charge in [-0.25, -0.2) is 8.42 Å². The molecule has 0 aliphatic heterocycles. The summed E-state index contributed by atoms with van der Waals surface area (Å²) in [5, 5.41) is 8.37. The van der Waals surface area contributed by atoms with Gasteiger partial charge in [0.1, 0.15) is 0 Å². The van der Waals surface area contributed by atoms with E-state index in [9.17, 15) is 8.42 Å². The smallest absolute Gasteiger partial charge is 0.235 e. The molecule has 70 valence electrons. The van der Waals surface area contributed by atoms with Crippen molar-refractivity contribution < 1.29 is 13.5 Å². The summed E-state index contributed by atoms with van der Waals surface area (Å²) in [7, 11) is -3.59. The van der Waals surface area contributed by atoms with Gasteiger partial charge in [0.25, 0.3) is 0 Å². The average Bonchev–Trinajstić information content (AvgIpc) is 1.98. The van der Waals surface area contributed by atoms with Crippen LogP contribution in [0.4, 0.5) is 0 Å². The Morgan fingerprint density at radius 3 is 2.50 bits per heavy atom. The molecule has 0 fully saturated rings. The first-order valence-electron chi connectivity index (χ1n) is 3.52. The fourth-order valence-electron chi connectivity index (χ4n) is 0.670. The molecule has 0 bridgehead atoms. The van der Waals surface area contributed by atoms with Gasteiger partial charge in [0.05, 0.1) is 5.75 Å². The molecular formula is C5H11N3O3S. The second-order valence-electron chi connectivity index (χ2n) is 2.24. The minimum Gasteiger partial charge on any atom is -0.396 e. The zero-order chi connectivity index (χ0) is 9.45. The summed E-state index contributed by atoms with van der Waals surface area (Å²) < 4.78 is 24.1. The van der Waals surface area contributed by atoms with Gasteiger partial charge in [-0.15, -0.1) is 0 Å². The van der Waals surface area contributed by atoms with Crippen LogP contribution < -0.4 is 0 Å². The number of hydrogen-bond acceptors (Lipinski definition) is 3. The van der Waals surface area contributed by atoms with Gasteiger partial charge in [0, 0.05) is 16.0 Å². The maximum Gasteiger partial charge on any atom is 0.235 e. The molecule has 0 atom stereocenters. The maximum absolute atomic E-state index is 10.7. The number of hydrogen-bond donors (Lipinski definition) is 1. The lowest BCUT2D eigenvalue weighted by atomic mass is 10.3. The fraction of sp³-hybridized carbons (Fsp3) is 1.00. The molecule has 0 aliphatic carbocycles. The average molecular weight is 193 g/mol. The van der Waals surface area contributed by atoms with E-state index in [1.54, 1.807) is 0 Å². The summed E-state index contributed by atoms with van der Waals surface area (Å²) >= 11 is 0. The predicted octanol–water partition coefficient (Wildman–Crippen LogP) is 0.789. The van der Waals surface area contributed by atoms with Crippen molar-refractivity contribution in [1.82, 2.24) is 0 Å². The maximum atomic E-state index is 10.7. The molecule has 0 saturated heterocycles. The highest BCUT2D eigenvalue weighted by Crippen LogP contribution is 2.01. The van der Waals surface area contributed by atoms with Crippen molar-refractivity contribution in [3.63, 3.8) is 0 Å². The minimum atomic E-state index is -3.59. The predicted molar refractivity (Wildman–Crippen MR) is 43.9 cm³/mol. The topological polar surface area (TPSA) is 103 Å². The van der Waals surface area contributed by atoms with Crippen LogP contribution in [0.5, 0.6) is 0 Å². The number of rotatable bonds is 6. The molecule has 12 heavy (non-hydrogen) atoms. The van der Waals surface area contributed by atoms with E-state index in [0.717, 1.165) is 0 Å². The molecule has 6 nitrogen and oxygen atoms in total. The van der Waals surface area contributed by atoms with Crippen molar-refractivity contribution in [3.8, 4) is 0 Å². The highest BCUT2D eigenvalue weighted by molar-refractivity contribution is 7.89. The van der Waals surface area contributed by atoms with Crippen molar-refractivity contribution in [2.75, 3.05) is 12.4 Å². The Morgan fingerprint density at radius 2 is 2.00 bits per heavy atom. The van der Waals surface area contributed by atoms with Crippen LogP contribution in [0, 0.1) is 0 Å². The first kappa shape index (κ1) is 11.2. The molecule has 0 radical (unpaired) electrons. The molecule has 0 heterocycles. The Hall–Kier alpha value is -0.780. The summed E-state index contributed by atoms with van der Waals surface area (Å²) in [4.78, 5) is 2.19. The molecule has 0 rings (SSSR count). The van der Waals surface area contributed by atoms with Gasteiger partial charge in [-0.05, 0) is 18.4 Å². The van der Waals surface area contributed by atoms with E-state index in [2.05, 4.69) is 9.43 Å². The number of sulfonamides is 1. The third kappa shape index (κ3) is 5.96. The molecule has 1 N–H and O–H groups in total. The van der Waals surface area contributed by atoms with E-state index in [4.69, 9.17) is 10.6 Å². The number of nitrogens with zero attached hydrogens (tertiary/aromatic N) is 3. The fourth-order valence-corrected chi connectivity index (χ4v) is 1.43. The van der Waals surface area contributed by atoms with Gasteiger partial charge >= 0.3 is 0 Å². The Labute approximate surface area is 70.9 Å². The SMILES string of the molecule is [N-]=[N+]=NS(=O)(=O)CCCCCO. The standard InChI is InChI=1S/C5H11N3O3S/c6-7-8-12(10,11)5-3-1-2-4-9/h9H,1-5H2. The Bertz CT molecular complexity index is 255. The van der Waals surface area contributed by atoms with Crippen LogP contribution in [0.1, 0.15) is 19.3 Å².